The van der Waals surface area contributed by atoms with E-state index in [4.69, 9.17) is 9.97 Å². The number of hydrogen-bond donors (Lipinski definition) is 1. The number of carboxylic acids is 1. The normalized spacial score (nSPS) is 13.8. The van der Waals surface area contributed by atoms with Gasteiger partial charge in [0.1, 0.15) is 5.82 Å². The van der Waals surface area contributed by atoms with E-state index in [1.165, 1.54) is 6.42 Å². The number of pyridine rings is 2. The number of aromatic carboxylic acids is 1. The van der Waals surface area contributed by atoms with Crippen molar-refractivity contribution >= 4 is 44.5 Å². The number of anilines is 1. The number of nitrogens with zero attached hydrogens (tertiary/aromatic N) is 5. The maximum Gasteiger partial charge on any atom is 0.336 e. The van der Waals surface area contributed by atoms with Crippen LogP contribution < -0.4 is 4.90 Å². The number of aromatic nitrogens is 4. The van der Waals surface area contributed by atoms with Crippen LogP contribution in [0, 0.1) is 0 Å². The fraction of sp³-hybridized carbons (Fsp3) is 0.200. The van der Waals surface area contributed by atoms with E-state index in [0.29, 0.717) is 11.1 Å². The molecule has 7 aromatic rings. The van der Waals surface area contributed by atoms with Crippen molar-refractivity contribution in [2.45, 2.75) is 38.1 Å². The van der Waals surface area contributed by atoms with Crippen LogP contribution in [0.25, 0.3) is 66.6 Å². The lowest BCUT2D eigenvalue weighted by molar-refractivity contribution is 0.0698. The van der Waals surface area contributed by atoms with Gasteiger partial charge in [-0.1, -0.05) is 61.7 Å². The highest BCUT2D eigenvalue weighted by atomic mass is 16.4. The topological polar surface area (TPSA) is 84.1 Å². The van der Waals surface area contributed by atoms with Crippen molar-refractivity contribution in [3.05, 3.63) is 109 Å². The first-order valence-corrected chi connectivity index (χ1v) is 16.3. The molecule has 1 aliphatic carbocycles. The van der Waals surface area contributed by atoms with Crippen molar-refractivity contribution in [3.63, 3.8) is 0 Å². The predicted molar refractivity (Wildman–Crippen MR) is 190 cm³/mol. The molecule has 0 unspecified atom stereocenters. The smallest absolute Gasteiger partial charge is 0.336 e. The predicted octanol–water partition coefficient (Wildman–Crippen LogP) is 9.40. The highest BCUT2D eigenvalue weighted by Gasteiger charge is 2.27. The summed E-state index contributed by atoms with van der Waals surface area (Å²) < 4.78 is 2.38. The van der Waals surface area contributed by atoms with E-state index in [9.17, 15) is 9.90 Å². The fourth-order valence-corrected chi connectivity index (χ4v) is 7.25. The maximum atomic E-state index is 12.7. The molecule has 7 heteroatoms. The number of benzene rings is 4. The molecule has 7 nitrogen and oxygen atoms in total. The molecular weight excluding hydrogens is 582 g/mol. The van der Waals surface area contributed by atoms with Gasteiger partial charge in [0.2, 0.25) is 0 Å². The number of carboxylic acid groups (broad SMARTS) is 1. The zero-order valence-electron chi connectivity index (χ0n) is 26.5. The van der Waals surface area contributed by atoms with Gasteiger partial charge in [-0.05, 0) is 73.0 Å². The molecule has 232 valence electrons. The standard InChI is InChI=1S/C40H35N5O2/c1-44(2)36-24-34(25-10-5-3-6-11-25)42-33-19-16-28(23-31(33)36)39-43-38-35(45(39)29-13-7-4-8-14-29)20-17-30(40(46)47)37(38)27-15-18-32-26(22-27)12-9-21-41-32/h3,5-6,9-12,15-24,29H,4,7-8,13-14H2,1-2H3,(H,46,47). The van der Waals surface area contributed by atoms with Crippen LogP contribution in [0.15, 0.2) is 103 Å². The summed E-state index contributed by atoms with van der Waals surface area (Å²) >= 11 is 0. The Morgan fingerprint density at radius 2 is 1.57 bits per heavy atom. The molecule has 0 amide bonds. The monoisotopic (exact) mass is 617 g/mol. The molecule has 0 atom stereocenters. The van der Waals surface area contributed by atoms with Crippen molar-refractivity contribution in [2.75, 3.05) is 19.0 Å². The fourth-order valence-electron chi connectivity index (χ4n) is 7.25. The van der Waals surface area contributed by atoms with Crippen LogP contribution in [-0.4, -0.2) is 44.7 Å². The Morgan fingerprint density at radius 3 is 2.36 bits per heavy atom. The Kier molecular flexibility index (Phi) is 7.17. The van der Waals surface area contributed by atoms with Crippen LogP contribution in [0.1, 0.15) is 48.5 Å². The molecule has 1 N–H and O–H groups in total. The molecule has 47 heavy (non-hydrogen) atoms. The van der Waals surface area contributed by atoms with E-state index in [2.05, 4.69) is 64.9 Å². The SMILES string of the molecule is CN(C)c1cc(-c2ccccc2)nc2ccc(-c3nc4c(-c5ccc6ncccc6c5)c(C(=O)O)ccc4n3C3CCCCC3)cc12. The number of imidazole rings is 1. The number of rotatable bonds is 6. The van der Waals surface area contributed by atoms with Gasteiger partial charge >= 0.3 is 5.97 Å². The summed E-state index contributed by atoms with van der Waals surface area (Å²) in [4.78, 5) is 29.7. The van der Waals surface area contributed by atoms with E-state index in [-0.39, 0.29) is 11.6 Å². The third kappa shape index (κ3) is 5.08. The lowest BCUT2D eigenvalue weighted by Gasteiger charge is -2.26. The molecule has 1 saturated carbocycles. The second kappa shape index (κ2) is 11.7. The lowest BCUT2D eigenvalue weighted by atomic mass is 9.94. The van der Waals surface area contributed by atoms with Crippen molar-refractivity contribution in [1.29, 1.82) is 0 Å². The zero-order chi connectivity index (χ0) is 32.1. The molecule has 0 aliphatic heterocycles. The van der Waals surface area contributed by atoms with Crippen molar-refractivity contribution in [3.8, 4) is 33.8 Å². The minimum atomic E-state index is -0.969. The Bertz CT molecular complexity index is 2300. The quantitative estimate of drug-likeness (QED) is 0.200. The molecule has 8 rings (SSSR count). The second-order valence-corrected chi connectivity index (χ2v) is 12.7. The molecule has 3 aromatic heterocycles. The summed E-state index contributed by atoms with van der Waals surface area (Å²) in [5.41, 5.74) is 9.22. The summed E-state index contributed by atoms with van der Waals surface area (Å²) in [7, 11) is 4.12. The zero-order valence-corrected chi connectivity index (χ0v) is 26.5. The van der Waals surface area contributed by atoms with E-state index >= 15 is 0 Å². The van der Waals surface area contributed by atoms with Crippen LogP contribution in [0.2, 0.25) is 0 Å². The third-order valence-corrected chi connectivity index (χ3v) is 9.52. The van der Waals surface area contributed by atoms with E-state index < -0.39 is 5.97 Å². The van der Waals surface area contributed by atoms with E-state index in [0.717, 1.165) is 86.9 Å². The van der Waals surface area contributed by atoms with Crippen molar-refractivity contribution in [2.24, 2.45) is 0 Å². The van der Waals surface area contributed by atoms with Gasteiger partial charge in [0.05, 0.1) is 33.3 Å². The van der Waals surface area contributed by atoms with Gasteiger partial charge < -0.3 is 14.6 Å². The highest BCUT2D eigenvalue weighted by Crippen LogP contribution is 2.42. The van der Waals surface area contributed by atoms with Gasteiger partial charge in [0, 0.05) is 59.5 Å². The molecule has 0 radical (unpaired) electrons. The Hall–Kier alpha value is -5.56. The van der Waals surface area contributed by atoms with Crippen LogP contribution >= 0.6 is 0 Å². The molecule has 0 saturated heterocycles. The molecule has 3 heterocycles. The lowest BCUT2D eigenvalue weighted by Crippen LogP contribution is -2.14. The molecular formula is C40H35N5O2. The summed E-state index contributed by atoms with van der Waals surface area (Å²) in [6, 6.07) is 32.7. The molecule has 1 fully saturated rings. The molecule has 0 spiro atoms. The Labute approximate surface area is 273 Å². The van der Waals surface area contributed by atoms with Crippen molar-refractivity contribution in [1.82, 2.24) is 19.5 Å². The van der Waals surface area contributed by atoms with E-state index in [1.54, 1.807) is 12.3 Å². The van der Waals surface area contributed by atoms with Gasteiger partial charge in [-0.3, -0.25) is 4.98 Å². The first-order valence-electron chi connectivity index (χ1n) is 16.3. The number of hydrogen-bond acceptors (Lipinski definition) is 5. The van der Waals surface area contributed by atoms with Gasteiger partial charge in [-0.15, -0.1) is 0 Å². The summed E-state index contributed by atoms with van der Waals surface area (Å²) in [6.07, 6.45) is 7.46. The average Bonchev–Trinajstić information content (AvgIpc) is 3.50. The second-order valence-electron chi connectivity index (χ2n) is 12.7. The summed E-state index contributed by atoms with van der Waals surface area (Å²) in [5, 5.41) is 12.4. The van der Waals surface area contributed by atoms with Gasteiger partial charge in [-0.2, -0.15) is 0 Å². The minimum absolute atomic E-state index is 0.242. The van der Waals surface area contributed by atoms with E-state index in [1.807, 2.05) is 54.6 Å². The van der Waals surface area contributed by atoms with Crippen LogP contribution in [-0.2, 0) is 0 Å². The molecule has 4 aromatic carbocycles. The van der Waals surface area contributed by atoms with Crippen LogP contribution in [0.5, 0.6) is 0 Å². The third-order valence-electron chi connectivity index (χ3n) is 9.52. The first-order chi connectivity index (χ1) is 23.0. The Balaban J connectivity index is 1.38. The number of fused-ring (bicyclic) bond motifs is 3. The summed E-state index contributed by atoms with van der Waals surface area (Å²) in [6.45, 7) is 0. The van der Waals surface area contributed by atoms with Crippen LogP contribution in [0.4, 0.5) is 5.69 Å². The Morgan fingerprint density at radius 1 is 0.787 bits per heavy atom. The van der Waals surface area contributed by atoms with Crippen LogP contribution in [0.3, 0.4) is 0 Å². The highest BCUT2D eigenvalue weighted by molar-refractivity contribution is 6.07. The largest absolute Gasteiger partial charge is 0.478 e. The molecule has 1 aliphatic rings. The van der Waals surface area contributed by atoms with Gasteiger partial charge in [0.15, 0.2) is 0 Å². The first kappa shape index (κ1) is 28.9. The summed E-state index contributed by atoms with van der Waals surface area (Å²) in [5.74, 6) is -0.111. The number of carbonyl (C=O) groups is 1. The average molecular weight is 618 g/mol. The van der Waals surface area contributed by atoms with Gasteiger partial charge in [-0.25, -0.2) is 14.8 Å². The minimum Gasteiger partial charge on any atom is -0.478 e. The van der Waals surface area contributed by atoms with Crippen molar-refractivity contribution < 1.29 is 9.90 Å². The van der Waals surface area contributed by atoms with Gasteiger partial charge in [0.25, 0.3) is 0 Å². The molecule has 0 bridgehead atoms. The maximum absolute atomic E-state index is 12.7.